The first-order valence-corrected chi connectivity index (χ1v) is 8.99. The summed E-state index contributed by atoms with van der Waals surface area (Å²) in [6.07, 6.45) is 6.39. The van der Waals surface area contributed by atoms with Crippen LogP contribution in [0.4, 0.5) is 11.5 Å². The Labute approximate surface area is 157 Å². The summed E-state index contributed by atoms with van der Waals surface area (Å²) in [5, 5.41) is 7.17. The fourth-order valence-corrected chi connectivity index (χ4v) is 3.31. The fourth-order valence-electron chi connectivity index (χ4n) is 3.31. The van der Waals surface area contributed by atoms with Crippen LogP contribution < -0.4 is 10.2 Å². The molecule has 1 saturated heterocycles. The molecule has 1 fully saturated rings. The highest BCUT2D eigenvalue weighted by atomic mass is 16.1. The monoisotopic (exact) mass is 363 g/mol. The summed E-state index contributed by atoms with van der Waals surface area (Å²) in [5.41, 5.74) is 1.93. The summed E-state index contributed by atoms with van der Waals surface area (Å²) in [4.78, 5) is 27.5. The van der Waals surface area contributed by atoms with Crippen LogP contribution in [0.5, 0.6) is 0 Å². The minimum absolute atomic E-state index is 0.0551. The van der Waals surface area contributed by atoms with Crippen LogP contribution in [0.25, 0.3) is 5.82 Å². The molecule has 0 bridgehead atoms. The molecule has 2 aromatic heterocycles. The van der Waals surface area contributed by atoms with Crippen molar-refractivity contribution in [2.75, 3.05) is 23.3 Å². The van der Waals surface area contributed by atoms with Gasteiger partial charge in [-0.25, -0.2) is 19.6 Å². The van der Waals surface area contributed by atoms with Gasteiger partial charge in [-0.1, -0.05) is 18.2 Å². The number of piperidine rings is 1. The van der Waals surface area contributed by atoms with Crippen LogP contribution in [0.2, 0.25) is 0 Å². The first-order valence-electron chi connectivity index (χ1n) is 8.99. The van der Waals surface area contributed by atoms with E-state index in [4.69, 9.17) is 0 Å². The maximum Gasteiger partial charge on any atom is 0.229 e. The third-order valence-corrected chi connectivity index (χ3v) is 4.81. The van der Waals surface area contributed by atoms with Crippen molar-refractivity contribution in [1.82, 2.24) is 24.7 Å². The lowest BCUT2D eigenvalue weighted by Gasteiger charge is -2.33. The van der Waals surface area contributed by atoms with E-state index in [9.17, 15) is 4.79 Å². The van der Waals surface area contributed by atoms with Crippen molar-refractivity contribution in [3.8, 4) is 5.82 Å². The molecule has 8 heteroatoms. The summed E-state index contributed by atoms with van der Waals surface area (Å²) < 4.78 is 1.59. The van der Waals surface area contributed by atoms with Crippen LogP contribution in [0.3, 0.4) is 0 Å². The minimum Gasteiger partial charge on any atom is -0.356 e. The average Bonchev–Trinajstić information content (AvgIpc) is 3.25. The van der Waals surface area contributed by atoms with Gasteiger partial charge in [-0.05, 0) is 31.4 Å². The second kappa shape index (κ2) is 7.53. The smallest absolute Gasteiger partial charge is 0.229 e. The number of benzene rings is 1. The van der Waals surface area contributed by atoms with Crippen molar-refractivity contribution in [1.29, 1.82) is 0 Å². The molecule has 1 aromatic carbocycles. The number of aryl methyl sites for hydroxylation is 1. The van der Waals surface area contributed by atoms with E-state index in [2.05, 4.69) is 30.3 Å². The predicted octanol–water partition coefficient (Wildman–Crippen LogP) is 2.22. The Hall–Kier alpha value is -3.29. The normalized spacial score (nSPS) is 16.9. The van der Waals surface area contributed by atoms with Crippen molar-refractivity contribution in [3.63, 3.8) is 0 Å². The zero-order valence-corrected chi connectivity index (χ0v) is 15.1. The van der Waals surface area contributed by atoms with Gasteiger partial charge in [-0.15, -0.1) is 0 Å². The van der Waals surface area contributed by atoms with Crippen molar-refractivity contribution in [2.45, 2.75) is 19.8 Å². The van der Waals surface area contributed by atoms with Crippen LogP contribution in [0.1, 0.15) is 18.4 Å². The molecule has 1 aliphatic rings. The first kappa shape index (κ1) is 17.1. The molecule has 0 radical (unpaired) electrons. The number of nitrogens with one attached hydrogen (secondary N) is 1. The fraction of sp³-hybridized carbons (Fsp3) is 0.316. The van der Waals surface area contributed by atoms with Crippen molar-refractivity contribution >= 4 is 17.4 Å². The third kappa shape index (κ3) is 3.79. The lowest BCUT2D eigenvalue weighted by atomic mass is 9.97. The van der Waals surface area contributed by atoms with Crippen LogP contribution in [0.15, 0.2) is 49.3 Å². The standard InChI is InChI=1S/C19H21N7O/c1-14-5-2-3-7-16(14)24-19(27)15-6-4-8-25(10-15)17-9-18(22-12-21-17)26-13-20-11-23-26/h2-3,5,7,9,11-13,15H,4,6,8,10H2,1H3,(H,24,27). The van der Waals surface area contributed by atoms with Gasteiger partial charge in [0.05, 0.1) is 5.92 Å². The molecule has 3 heterocycles. The third-order valence-electron chi connectivity index (χ3n) is 4.81. The number of nitrogens with zero attached hydrogens (tertiary/aromatic N) is 6. The lowest BCUT2D eigenvalue weighted by Crippen LogP contribution is -2.41. The number of amides is 1. The molecule has 0 saturated carbocycles. The second-order valence-corrected chi connectivity index (χ2v) is 6.66. The number of rotatable bonds is 4. The topological polar surface area (TPSA) is 88.8 Å². The van der Waals surface area contributed by atoms with E-state index in [-0.39, 0.29) is 11.8 Å². The zero-order chi connectivity index (χ0) is 18.6. The summed E-state index contributed by atoms with van der Waals surface area (Å²) >= 11 is 0. The van der Waals surface area contributed by atoms with Gasteiger partial charge in [0.2, 0.25) is 5.91 Å². The van der Waals surface area contributed by atoms with E-state index in [1.807, 2.05) is 37.3 Å². The quantitative estimate of drug-likeness (QED) is 0.765. The lowest BCUT2D eigenvalue weighted by molar-refractivity contribution is -0.120. The molecule has 3 aromatic rings. The summed E-state index contributed by atoms with van der Waals surface area (Å²) in [7, 11) is 0. The molecule has 1 N–H and O–H groups in total. The highest BCUT2D eigenvalue weighted by Crippen LogP contribution is 2.24. The molecule has 0 spiro atoms. The average molecular weight is 363 g/mol. The van der Waals surface area contributed by atoms with Crippen molar-refractivity contribution in [2.24, 2.45) is 5.92 Å². The number of hydrogen-bond acceptors (Lipinski definition) is 6. The van der Waals surface area contributed by atoms with Gasteiger partial charge in [0.15, 0.2) is 5.82 Å². The Kier molecular flexibility index (Phi) is 4.78. The van der Waals surface area contributed by atoms with Crippen LogP contribution in [-0.4, -0.2) is 43.7 Å². The molecule has 4 rings (SSSR count). The van der Waals surface area contributed by atoms with Crippen molar-refractivity contribution in [3.05, 3.63) is 54.9 Å². The molecule has 8 nitrogen and oxygen atoms in total. The Morgan fingerprint density at radius 2 is 2.04 bits per heavy atom. The maximum atomic E-state index is 12.8. The summed E-state index contributed by atoms with van der Waals surface area (Å²) in [6.45, 7) is 3.49. The second-order valence-electron chi connectivity index (χ2n) is 6.66. The highest BCUT2D eigenvalue weighted by molar-refractivity contribution is 5.93. The number of carbonyl (C=O) groups is 1. The molecule has 1 amide bonds. The van der Waals surface area contributed by atoms with Crippen molar-refractivity contribution < 1.29 is 4.79 Å². The van der Waals surface area contributed by atoms with Gasteiger partial charge >= 0.3 is 0 Å². The number of carbonyl (C=O) groups excluding carboxylic acids is 1. The van der Waals surface area contributed by atoms with E-state index >= 15 is 0 Å². The predicted molar refractivity (Wildman–Crippen MR) is 102 cm³/mol. The number of para-hydroxylation sites is 1. The minimum atomic E-state index is -0.0804. The first-order chi connectivity index (χ1) is 13.2. The largest absolute Gasteiger partial charge is 0.356 e. The molecular formula is C19H21N7O. The van der Waals surface area contributed by atoms with E-state index < -0.39 is 0 Å². The summed E-state index contributed by atoms with van der Waals surface area (Å²) in [6, 6.07) is 9.70. The highest BCUT2D eigenvalue weighted by Gasteiger charge is 2.27. The molecule has 1 aliphatic heterocycles. The van der Waals surface area contributed by atoms with Gasteiger partial charge in [-0.2, -0.15) is 5.10 Å². The Bertz CT molecular complexity index is 925. The van der Waals surface area contributed by atoms with Gasteiger partial charge in [-0.3, -0.25) is 4.79 Å². The zero-order valence-electron chi connectivity index (χ0n) is 15.1. The molecule has 1 atom stereocenters. The van der Waals surface area contributed by atoms with E-state index in [1.165, 1.54) is 12.7 Å². The molecular weight excluding hydrogens is 342 g/mol. The maximum absolute atomic E-state index is 12.8. The Morgan fingerprint density at radius 1 is 1.19 bits per heavy atom. The summed E-state index contributed by atoms with van der Waals surface area (Å²) in [5.74, 6) is 1.43. The van der Waals surface area contributed by atoms with Gasteiger partial charge in [0.25, 0.3) is 0 Å². The van der Waals surface area contributed by atoms with E-state index in [1.54, 1.807) is 11.0 Å². The molecule has 0 aliphatic carbocycles. The van der Waals surface area contributed by atoms with E-state index in [0.29, 0.717) is 12.4 Å². The molecule has 138 valence electrons. The van der Waals surface area contributed by atoms with Crippen LogP contribution in [0, 0.1) is 12.8 Å². The van der Waals surface area contributed by atoms with Gasteiger partial charge in [0.1, 0.15) is 24.8 Å². The Balaban J connectivity index is 1.47. The SMILES string of the molecule is Cc1ccccc1NC(=O)C1CCCN(c2cc(-n3cncn3)ncn2)C1. The number of anilines is 2. The number of aromatic nitrogens is 5. The molecule has 27 heavy (non-hydrogen) atoms. The van der Waals surface area contributed by atoms with Gasteiger partial charge < -0.3 is 10.2 Å². The van der Waals surface area contributed by atoms with Gasteiger partial charge in [0, 0.05) is 24.8 Å². The van der Waals surface area contributed by atoms with Crippen LogP contribution >= 0.6 is 0 Å². The Morgan fingerprint density at radius 3 is 2.85 bits per heavy atom. The number of hydrogen-bond donors (Lipinski definition) is 1. The van der Waals surface area contributed by atoms with Crippen LogP contribution in [-0.2, 0) is 4.79 Å². The van der Waals surface area contributed by atoms with E-state index in [0.717, 1.165) is 36.5 Å². The molecule has 1 unspecified atom stereocenters.